The van der Waals surface area contributed by atoms with Crippen molar-refractivity contribution in [2.45, 2.75) is 26.8 Å². The number of carbonyl (C=O) groups excluding carboxylic acids is 1. The van der Waals surface area contributed by atoms with Crippen molar-refractivity contribution in [1.82, 2.24) is 19.5 Å². The Bertz CT molecular complexity index is 1120. The van der Waals surface area contributed by atoms with Crippen LogP contribution in [0.3, 0.4) is 0 Å². The van der Waals surface area contributed by atoms with E-state index in [2.05, 4.69) is 45.7 Å². The molecule has 0 aliphatic rings. The van der Waals surface area contributed by atoms with Crippen molar-refractivity contribution in [2.24, 2.45) is 0 Å². The third kappa shape index (κ3) is 2.63. The quantitative estimate of drug-likeness (QED) is 0.572. The lowest BCUT2D eigenvalue weighted by molar-refractivity contribution is 0.0594. The van der Waals surface area contributed by atoms with E-state index in [0.29, 0.717) is 12.2 Å². The Morgan fingerprint density at radius 2 is 2.08 bits per heavy atom. The molecular weight excluding hydrogens is 328 g/mol. The summed E-state index contributed by atoms with van der Waals surface area (Å²) in [7, 11) is 1.37. The fraction of sp³-hybridized carbons (Fsp3) is 0.250. The SMILES string of the molecule is CCc1nc2c(C)cc(C(=O)OC)nc2n1Cc1ccc2[nH]ccc2c1. The van der Waals surface area contributed by atoms with Gasteiger partial charge in [-0.3, -0.25) is 0 Å². The van der Waals surface area contributed by atoms with Crippen molar-refractivity contribution in [3.8, 4) is 0 Å². The van der Waals surface area contributed by atoms with Crippen LogP contribution < -0.4 is 0 Å². The van der Waals surface area contributed by atoms with Crippen molar-refractivity contribution in [2.75, 3.05) is 7.11 Å². The van der Waals surface area contributed by atoms with Crippen LogP contribution in [0.2, 0.25) is 0 Å². The number of pyridine rings is 1. The molecular formula is C20H20N4O2. The fourth-order valence-electron chi connectivity index (χ4n) is 3.32. The van der Waals surface area contributed by atoms with Crippen LogP contribution in [0.25, 0.3) is 22.1 Å². The topological polar surface area (TPSA) is 72.8 Å². The summed E-state index contributed by atoms with van der Waals surface area (Å²) in [5.41, 5.74) is 5.05. The summed E-state index contributed by atoms with van der Waals surface area (Å²) < 4.78 is 6.92. The predicted molar refractivity (Wildman–Crippen MR) is 100 cm³/mol. The van der Waals surface area contributed by atoms with Crippen molar-refractivity contribution in [1.29, 1.82) is 0 Å². The number of fused-ring (bicyclic) bond motifs is 2. The van der Waals surface area contributed by atoms with E-state index in [4.69, 9.17) is 9.72 Å². The number of ether oxygens (including phenoxy) is 1. The second-order valence-electron chi connectivity index (χ2n) is 6.36. The summed E-state index contributed by atoms with van der Waals surface area (Å²) in [5.74, 6) is 0.515. The van der Waals surface area contributed by atoms with Crippen LogP contribution in [0.1, 0.15) is 34.4 Å². The average Bonchev–Trinajstić information content (AvgIpc) is 3.25. The number of aryl methyl sites for hydroxylation is 2. The molecule has 6 heteroatoms. The summed E-state index contributed by atoms with van der Waals surface area (Å²) >= 11 is 0. The molecule has 4 aromatic rings. The summed E-state index contributed by atoms with van der Waals surface area (Å²) in [6.07, 6.45) is 2.72. The molecule has 0 fully saturated rings. The van der Waals surface area contributed by atoms with Crippen LogP contribution in [0.5, 0.6) is 0 Å². The number of nitrogens with one attached hydrogen (secondary N) is 1. The molecule has 0 amide bonds. The van der Waals surface area contributed by atoms with Gasteiger partial charge in [0, 0.05) is 18.1 Å². The van der Waals surface area contributed by atoms with Crippen LogP contribution >= 0.6 is 0 Å². The van der Waals surface area contributed by atoms with Crippen LogP contribution in [0, 0.1) is 6.92 Å². The first-order valence-electron chi connectivity index (χ1n) is 8.61. The Hall–Kier alpha value is -3.15. The van der Waals surface area contributed by atoms with Crippen LogP contribution in [-0.2, 0) is 17.7 Å². The number of aromatic nitrogens is 4. The molecule has 0 atom stereocenters. The van der Waals surface area contributed by atoms with Crippen molar-refractivity contribution in [3.63, 3.8) is 0 Å². The monoisotopic (exact) mass is 348 g/mol. The van der Waals surface area contributed by atoms with Gasteiger partial charge in [0.15, 0.2) is 11.3 Å². The highest BCUT2D eigenvalue weighted by atomic mass is 16.5. The smallest absolute Gasteiger partial charge is 0.356 e. The number of rotatable bonds is 4. The van der Waals surface area contributed by atoms with E-state index in [0.717, 1.165) is 40.1 Å². The van der Waals surface area contributed by atoms with E-state index in [1.165, 1.54) is 12.5 Å². The second kappa shape index (κ2) is 6.29. The molecule has 0 radical (unpaired) electrons. The van der Waals surface area contributed by atoms with Gasteiger partial charge < -0.3 is 14.3 Å². The zero-order valence-corrected chi connectivity index (χ0v) is 15.0. The highest BCUT2D eigenvalue weighted by Gasteiger charge is 2.17. The van der Waals surface area contributed by atoms with Crippen molar-refractivity contribution < 1.29 is 9.53 Å². The molecule has 132 valence electrons. The van der Waals surface area contributed by atoms with Gasteiger partial charge in [0.25, 0.3) is 0 Å². The number of H-pyrrole nitrogens is 1. The van der Waals surface area contributed by atoms with Gasteiger partial charge >= 0.3 is 5.97 Å². The molecule has 1 aromatic carbocycles. The summed E-state index contributed by atoms with van der Waals surface area (Å²) in [4.78, 5) is 24.5. The number of benzene rings is 1. The normalized spacial score (nSPS) is 11.3. The maximum Gasteiger partial charge on any atom is 0.356 e. The Balaban J connectivity index is 1.86. The molecule has 0 unspecified atom stereocenters. The molecule has 0 spiro atoms. The van der Waals surface area contributed by atoms with E-state index in [-0.39, 0.29) is 0 Å². The maximum absolute atomic E-state index is 12.0. The molecule has 0 bridgehead atoms. The fourth-order valence-corrected chi connectivity index (χ4v) is 3.32. The lowest BCUT2D eigenvalue weighted by Crippen LogP contribution is -2.09. The first-order chi connectivity index (χ1) is 12.6. The molecule has 0 aliphatic carbocycles. The van der Waals surface area contributed by atoms with Crippen LogP contribution in [-0.4, -0.2) is 32.6 Å². The highest BCUT2D eigenvalue weighted by molar-refractivity contribution is 5.91. The minimum atomic E-state index is -0.436. The number of aromatic amines is 1. The van der Waals surface area contributed by atoms with Gasteiger partial charge in [-0.2, -0.15) is 0 Å². The number of nitrogens with zero attached hydrogens (tertiary/aromatic N) is 3. The van der Waals surface area contributed by atoms with Gasteiger partial charge in [0.05, 0.1) is 13.7 Å². The molecule has 0 saturated carbocycles. The number of imidazole rings is 1. The van der Waals surface area contributed by atoms with Crippen molar-refractivity contribution >= 4 is 28.0 Å². The third-order valence-electron chi connectivity index (χ3n) is 4.64. The Morgan fingerprint density at radius 1 is 1.23 bits per heavy atom. The number of hydrogen-bond acceptors (Lipinski definition) is 4. The molecule has 4 rings (SSSR count). The van der Waals surface area contributed by atoms with Gasteiger partial charge in [0.1, 0.15) is 11.3 Å². The molecule has 0 saturated heterocycles. The lowest BCUT2D eigenvalue weighted by Gasteiger charge is -2.09. The molecule has 3 heterocycles. The highest BCUT2D eigenvalue weighted by Crippen LogP contribution is 2.22. The average molecular weight is 348 g/mol. The predicted octanol–water partition coefficient (Wildman–Crippen LogP) is 3.62. The maximum atomic E-state index is 12.0. The van der Waals surface area contributed by atoms with Crippen molar-refractivity contribution in [3.05, 3.63) is 59.2 Å². The van der Waals surface area contributed by atoms with E-state index >= 15 is 0 Å². The van der Waals surface area contributed by atoms with Gasteiger partial charge in [-0.1, -0.05) is 13.0 Å². The number of esters is 1. The van der Waals surface area contributed by atoms with Crippen LogP contribution in [0.15, 0.2) is 36.5 Å². The zero-order chi connectivity index (χ0) is 18.3. The first kappa shape index (κ1) is 16.3. The van der Waals surface area contributed by atoms with Gasteiger partial charge in [-0.05, 0) is 47.7 Å². The molecule has 3 aromatic heterocycles. The van der Waals surface area contributed by atoms with Gasteiger partial charge in [0.2, 0.25) is 0 Å². The van der Waals surface area contributed by atoms with Gasteiger partial charge in [-0.15, -0.1) is 0 Å². The minimum absolute atomic E-state index is 0.308. The van der Waals surface area contributed by atoms with E-state index in [9.17, 15) is 4.79 Å². The number of methoxy groups -OCH3 is 1. The van der Waals surface area contributed by atoms with E-state index in [1.54, 1.807) is 6.07 Å². The minimum Gasteiger partial charge on any atom is -0.464 e. The molecule has 26 heavy (non-hydrogen) atoms. The standard InChI is InChI=1S/C20H20N4O2/c1-4-17-23-18-12(2)9-16(20(25)26-3)22-19(18)24(17)11-13-5-6-15-14(10-13)7-8-21-15/h5-10,21H,4,11H2,1-3H3. The molecule has 0 aliphatic heterocycles. The van der Waals surface area contributed by atoms with Gasteiger partial charge in [-0.25, -0.2) is 14.8 Å². The second-order valence-corrected chi connectivity index (χ2v) is 6.36. The largest absolute Gasteiger partial charge is 0.464 e. The number of hydrogen-bond donors (Lipinski definition) is 1. The summed E-state index contributed by atoms with van der Waals surface area (Å²) in [5, 5.41) is 1.17. The first-order valence-corrected chi connectivity index (χ1v) is 8.61. The molecule has 6 nitrogen and oxygen atoms in total. The Kier molecular flexibility index (Phi) is 3.95. The van der Waals surface area contributed by atoms with Crippen LogP contribution in [0.4, 0.5) is 0 Å². The van der Waals surface area contributed by atoms with E-state index in [1.807, 2.05) is 13.1 Å². The number of carbonyl (C=O) groups is 1. The van der Waals surface area contributed by atoms with E-state index < -0.39 is 5.97 Å². The summed E-state index contributed by atoms with van der Waals surface area (Å²) in [6, 6.07) is 10.1. The Morgan fingerprint density at radius 3 is 2.85 bits per heavy atom. The summed E-state index contributed by atoms with van der Waals surface area (Å²) in [6.45, 7) is 4.67. The zero-order valence-electron chi connectivity index (χ0n) is 15.0. The Labute approximate surface area is 150 Å². The molecule has 1 N–H and O–H groups in total. The third-order valence-corrected chi connectivity index (χ3v) is 4.64. The lowest BCUT2D eigenvalue weighted by atomic mass is 10.1.